The number of nitrogens with zero attached hydrogens (tertiary/aromatic N) is 1. The smallest absolute Gasteiger partial charge is 0.0985 e. The van der Waals surface area contributed by atoms with E-state index in [0.717, 1.165) is 19.6 Å². The second-order valence-electron chi connectivity index (χ2n) is 4.11. The van der Waals surface area contributed by atoms with Crippen LogP contribution in [0.4, 0.5) is 0 Å². The van der Waals surface area contributed by atoms with Crippen molar-refractivity contribution in [2.75, 3.05) is 19.6 Å². The molecule has 0 saturated carbocycles. The van der Waals surface area contributed by atoms with Crippen LogP contribution >= 0.6 is 11.3 Å². The molecule has 1 unspecified atom stereocenters. The fraction of sp³-hybridized carbons (Fsp3) is 0.700. The lowest BCUT2D eigenvalue weighted by molar-refractivity contribution is 0.445. The molecular formula is C10H15N3S. The van der Waals surface area contributed by atoms with E-state index < -0.39 is 0 Å². The molecule has 3 nitrogen and oxygen atoms in total. The van der Waals surface area contributed by atoms with E-state index in [-0.39, 0.29) is 0 Å². The highest BCUT2D eigenvalue weighted by molar-refractivity contribution is 7.09. The maximum atomic E-state index is 4.73. The van der Waals surface area contributed by atoms with Crippen LogP contribution in [0.1, 0.15) is 35.5 Å². The third-order valence-electron chi connectivity index (χ3n) is 3.09. The van der Waals surface area contributed by atoms with Crippen molar-refractivity contribution in [3.63, 3.8) is 0 Å². The van der Waals surface area contributed by atoms with Gasteiger partial charge in [0.2, 0.25) is 0 Å². The first kappa shape index (κ1) is 8.83. The monoisotopic (exact) mass is 209 g/mol. The average Bonchev–Trinajstić information content (AvgIpc) is 2.65. The van der Waals surface area contributed by atoms with E-state index in [2.05, 4.69) is 16.0 Å². The Kier molecular flexibility index (Phi) is 2.27. The molecule has 2 fully saturated rings. The van der Waals surface area contributed by atoms with Crippen molar-refractivity contribution in [3.8, 4) is 0 Å². The van der Waals surface area contributed by atoms with Gasteiger partial charge in [0, 0.05) is 24.4 Å². The summed E-state index contributed by atoms with van der Waals surface area (Å²) >= 11 is 1.83. The average molecular weight is 209 g/mol. The Morgan fingerprint density at radius 1 is 1.43 bits per heavy atom. The van der Waals surface area contributed by atoms with Crippen LogP contribution < -0.4 is 10.6 Å². The minimum absolute atomic E-state index is 0.535. The molecule has 0 bridgehead atoms. The highest BCUT2D eigenvalue weighted by Crippen LogP contribution is 2.28. The molecule has 3 rings (SSSR count). The van der Waals surface area contributed by atoms with Crippen molar-refractivity contribution in [3.05, 3.63) is 16.1 Å². The van der Waals surface area contributed by atoms with E-state index in [9.17, 15) is 0 Å². The fourth-order valence-electron chi connectivity index (χ4n) is 2.05. The molecule has 0 spiro atoms. The Morgan fingerprint density at radius 2 is 2.36 bits per heavy atom. The first-order valence-corrected chi connectivity index (χ1v) is 6.21. The molecule has 2 saturated heterocycles. The summed E-state index contributed by atoms with van der Waals surface area (Å²) in [6.45, 7) is 3.39. The van der Waals surface area contributed by atoms with Gasteiger partial charge in [-0.15, -0.1) is 11.3 Å². The predicted molar refractivity (Wildman–Crippen MR) is 57.7 cm³/mol. The van der Waals surface area contributed by atoms with Crippen LogP contribution in [-0.2, 0) is 0 Å². The van der Waals surface area contributed by atoms with Crippen molar-refractivity contribution in [1.29, 1.82) is 0 Å². The van der Waals surface area contributed by atoms with Gasteiger partial charge in [-0.2, -0.15) is 0 Å². The summed E-state index contributed by atoms with van der Waals surface area (Å²) in [4.78, 5) is 4.73. The number of hydrogen-bond acceptors (Lipinski definition) is 4. The second-order valence-corrected chi connectivity index (χ2v) is 5.00. The van der Waals surface area contributed by atoms with Gasteiger partial charge in [-0.25, -0.2) is 4.98 Å². The molecule has 0 radical (unpaired) electrons. The first-order valence-electron chi connectivity index (χ1n) is 5.33. The van der Waals surface area contributed by atoms with Crippen LogP contribution in [-0.4, -0.2) is 24.6 Å². The quantitative estimate of drug-likeness (QED) is 0.770. The molecule has 4 heteroatoms. The van der Waals surface area contributed by atoms with E-state index in [1.807, 2.05) is 11.3 Å². The molecule has 2 aliphatic heterocycles. The van der Waals surface area contributed by atoms with Crippen LogP contribution in [0.2, 0.25) is 0 Å². The number of hydrogen-bond donors (Lipinski definition) is 2. The Bertz CT molecular complexity index is 313. The zero-order valence-corrected chi connectivity index (χ0v) is 8.94. The molecule has 1 atom stereocenters. The molecule has 1 aromatic rings. The minimum atomic E-state index is 0.535. The number of aromatic nitrogens is 1. The van der Waals surface area contributed by atoms with Crippen LogP contribution in [0.3, 0.4) is 0 Å². The minimum Gasteiger partial charge on any atom is -0.315 e. The molecular weight excluding hydrogens is 194 g/mol. The Labute approximate surface area is 87.9 Å². The van der Waals surface area contributed by atoms with Crippen LogP contribution in [0.25, 0.3) is 0 Å². The molecule has 2 N–H and O–H groups in total. The van der Waals surface area contributed by atoms with E-state index in [1.54, 1.807) is 0 Å². The molecule has 0 amide bonds. The first-order chi connectivity index (χ1) is 6.93. The summed E-state index contributed by atoms with van der Waals surface area (Å²) in [6.07, 6.45) is 2.55. The van der Waals surface area contributed by atoms with E-state index in [0.29, 0.717) is 12.0 Å². The van der Waals surface area contributed by atoms with Crippen molar-refractivity contribution >= 4 is 11.3 Å². The third kappa shape index (κ3) is 1.47. The lowest BCUT2D eigenvalue weighted by Crippen LogP contribution is -2.39. The summed E-state index contributed by atoms with van der Waals surface area (Å²) in [5.41, 5.74) is 1.27. The van der Waals surface area contributed by atoms with E-state index in [4.69, 9.17) is 4.98 Å². The summed E-state index contributed by atoms with van der Waals surface area (Å²) in [5.74, 6) is 0.690. The molecule has 0 aliphatic carbocycles. The van der Waals surface area contributed by atoms with Crippen LogP contribution in [0, 0.1) is 0 Å². The van der Waals surface area contributed by atoms with Gasteiger partial charge in [-0.05, 0) is 19.4 Å². The van der Waals surface area contributed by atoms with Gasteiger partial charge < -0.3 is 10.6 Å². The SMILES string of the molecule is c1sc(C2CNC2)nc1C1CCCN1. The van der Waals surface area contributed by atoms with Crippen molar-refractivity contribution in [2.24, 2.45) is 0 Å². The summed E-state index contributed by atoms with van der Waals surface area (Å²) in [7, 11) is 0. The van der Waals surface area contributed by atoms with Crippen molar-refractivity contribution in [2.45, 2.75) is 24.8 Å². The van der Waals surface area contributed by atoms with Crippen molar-refractivity contribution in [1.82, 2.24) is 15.6 Å². The highest BCUT2D eigenvalue weighted by atomic mass is 32.1. The molecule has 14 heavy (non-hydrogen) atoms. The number of rotatable bonds is 2. The van der Waals surface area contributed by atoms with E-state index in [1.165, 1.54) is 23.5 Å². The van der Waals surface area contributed by atoms with Crippen LogP contribution in [0.15, 0.2) is 5.38 Å². The van der Waals surface area contributed by atoms with Gasteiger partial charge in [0.25, 0.3) is 0 Å². The molecule has 3 heterocycles. The zero-order chi connectivity index (χ0) is 9.38. The molecule has 2 aliphatic rings. The second kappa shape index (κ2) is 3.61. The third-order valence-corrected chi connectivity index (χ3v) is 4.11. The molecule has 76 valence electrons. The standard InChI is InChI=1S/C10H15N3S/c1-2-8(12-3-1)9-6-14-10(13-9)7-4-11-5-7/h6-8,11-12H,1-5H2. The summed E-state index contributed by atoms with van der Waals surface area (Å²) in [5, 5.41) is 10.3. The Morgan fingerprint density at radius 3 is 3.00 bits per heavy atom. The topological polar surface area (TPSA) is 37.0 Å². The lowest BCUT2D eigenvalue weighted by Gasteiger charge is -2.24. The molecule has 0 aromatic carbocycles. The number of nitrogens with one attached hydrogen (secondary N) is 2. The predicted octanol–water partition coefficient (Wildman–Crippen LogP) is 1.25. The van der Waals surface area contributed by atoms with Gasteiger partial charge in [-0.3, -0.25) is 0 Å². The Hall–Kier alpha value is -0.450. The van der Waals surface area contributed by atoms with E-state index >= 15 is 0 Å². The maximum absolute atomic E-state index is 4.73. The van der Waals surface area contributed by atoms with Gasteiger partial charge in [0.05, 0.1) is 16.7 Å². The zero-order valence-electron chi connectivity index (χ0n) is 8.12. The fourth-order valence-corrected chi connectivity index (χ4v) is 3.02. The number of thiazole rings is 1. The van der Waals surface area contributed by atoms with Gasteiger partial charge in [-0.1, -0.05) is 0 Å². The maximum Gasteiger partial charge on any atom is 0.0985 e. The largest absolute Gasteiger partial charge is 0.315 e. The van der Waals surface area contributed by atoms with Gasteiger partial charge in [0.15, 0.2) is 0 Å². The summed E-state index contributed by atoms with van der Waals surface area (Å²) in [6, 6.07) is 0.535. The Balaban J connectivity index is 1.75. The van der Waals surface area contributed by atoms with Gasteiger partial charge >= 0.3 is 0 Å². The summed E-state index contributed by atoms with van der Waals surface area (Å²) < 4.78 is 0. The lowest BCUT2D eigenvalue weighted by atomic mass is 10.1. The van der Waals surface area contributed by atoms with Crippen LogP contribution in [0.5, 0.6) is 0 Å². The van der Waals surface area contributed by atoms with Gasteiger partial charge in [0.1, 0.15) is 0 Å². The molecule has 1 aromatic heterocycles. The normalized spacial score (nSPS) is 27.9. The highest BCUT2D eigenvalue weighted by Gasteiger charge is 2.24. The van der Waals surface area contributed by atoms with Crippen molar-refractivity contribution < 1.29 is 0 Å².